The first-order valence-corrected chi connectivity index (χ1v) is 12.0. The van der Waals surface area contributed by atoms with E-state index in [-0.39, 0.29) is 21.7 Å². The van der Waals surface area contributed by atoms with E-state index in [4.69, 9.17) is 0 Å². The second kappa shape index (κ2) is 5.28. The van der Waals surface area contributed by atoms with Crippen LogP contribution in [0.15, 0.2) is 0 Å². The lowest BCUT2D eigenvalue weighted by molar-refractivity contribution is -0.128. The lowest BCUT2D eigenvalue weighted by Gasteiger charge is -2.38. The van der Waals surface area contributed by atoms with E-state index in [0.29, 0.717) is 23.4 Å². The molecule has 4 bridgehead atoms. The van der Waals surface area contributed by atoms with Crippen molar-refractivity contribution in [1.82, 2.24) is 0 Å². The van der Waals surface area contributed by atoms with E-state index in [1.807, 2.05) is 21.6 Å². The molecule has 4 aliphatic carbocycles. The fourth-order valence-corrected chi connectivity index (χ4v) is 10.1. The van der Waals surface area contributed by atoms with Gasteiger partial charge in [-0.3, -0.25) is 9.59 Å². The van der Waals surface area contributed by atoms with Gasteiger partial charge in [0.25, 0.3) is 0 Å². The molecule has 0 aromatic carbocycles. The van der Waals surface area contributed by atoms with Crippen LogP contribution >= 0.6 is 21.6 Å². The van der Waals surface area contributed by atoms with E-state index in [1.165, 1.54) is 12.8 Å². The summed E-state index contributed by atoms with van der Waals surface area (Å²) >= 11 is 0. The minimum atomic E-state index is -0.0968. The molecule has 4 fully saturated rings. The lowest BCUT2D eigenvalue weighted by atomic mass is 9.70. The van der Waals surface area contributed by atoms with Crippen molar-refractivity contribution in [1.29, 1.82) is 0 Å². The van der Waals surface area contributed by atoms with Crippen molar-refractivity contribution >= 4 is 33.2 Å². The van der Waals surface area contributed by atoms with Crippen LogP contribution in [0.3, 0.4) is 0 Å². The summed E-state index contributed by atoms with van der Waals surface area (Å²) in [5.41, 5.74) is 0.133. The van der Waals surface area contributed by atoms with Gasteiger partial charge in [0.05, 0.1) is 0 Å². The molecule has 2 nitrogen and oxygen atoms in total. The van der Waals surface area contributed by atoms with Gasteiger partial charge in [0.1, 0.15) is 11.6 Å². The van der Waals surface area contributed by atoms with Gasteiger partial charge in [0, 0.05) is 35.2 Å². The first kappa shape index (κ1) is 17.5. The molecule has 0 spiro atoms. The third-order valence-corrected chi connectivity index (χ3v) is 11.6. The van der Waals surface area contributed by atoms with Gasteiger partial charge in [0.2, 0.25) is 0 Å². The zero-order valence-electron chi connectivity index (χ0n) is 15.4. The van der Waals surface area contributed by atoms with E-state index in [0.717, 1.165) is 37.2 Å². The average Bonchev–Trinajstić information content (AvgIpc) is 3.04. The molecule has 0 N–H and O–H groups in total. The van der Waals surface area contributed by atoms with Crippen LogP contribution in [-0.2, 0) is 9.59 Å². The highest BCUT2D eigenvalue weighted by atomic mass is 33.1. The zero-order valence-corrected chi connectivity index (χ0v) is 17.1. The smallest absolute Gasteiger partial charge is 0.140 e. The summed E-state index contributed by atoms with van der Waals surface area (Å²) in [6.45, 7) is 9.24. The third-order valence-electron chi connectivity index (χ3n) is 8.97. The van der Waals surface area contributed by atoms with E-state index < -0.39 is 0 Å². The average molecular weight is 367 g/mol. The van der Waals surface area contributed by atoms with Gasteiger partial charge in [-0.05, 0) is 48.3 Å². The maximum Gasteiger partial charge on any atom is 0.140 e. The van der Waals surface area contributed by atoms with Crippen LogP contribution in [0.25, 0.3) is 0 Å². The van der Waals surface area contributed by atoms with E-state index in [9.17, 15) is 9.59 Å². The molecule has 0 aromatic rings. The molecule has 134 valence electrons. The normalized spacial score (nSPS) is 44.7. The Morgan fingerprint density at radius 1 is 0.792 bits per heavy atom. The Labute approximate surface area is 154 Å². The number of Topliss-reactive ketones (excluding diaryl/α,β-unsaturated/α-hetero) is 2. The fourth-order valence-electron chi connectivity index (χ4n) is 6.50. The highest BCUT2D eigenvalue weighted by Crippen LogP contribution is 2.67. The number of carbonyl (C=O) groups is 2. The highest BCUT2D eigenvalue weighted by molar-refractivity contribution is 8.76. The quantitative estimate of drug-likeness (QED) is 0.497. The summed E-state index contributed by atoms with van der Waals surface area (Å²) in [6, 6.07) is 0. The van der Waals surface area contributed by atoms with Crippen molar-refractivity contribution in [3.8, 4) is 0 Å². The van der Waals surface area contributed by atoms with Crippen LogP contribution in [0.2, 0.25) is 0 Å². The minimum absolute atomic E-state index is 0.0968. The number of rotatable bonds is 5. The molecule has 0 saturated heterocycles. The molecule has 4 heteroatoms. The molecule has 2 unspecified atom stereocenters. The van der Waals surface area contributed by atoms with Gasteiger partial charge in [-0.2, -0.15) is 0 Å². The van der Waals surface area contributed by atoms with Gasteiger partial charge in [0.15, 0.2) is 0 Å². The van der Waals surface area contributed by atoms with Gasteiger partial charge in [-0.15, -0.1) is 0 Å². The van der Waals surface area contributed by atoms with Crippen molar-refractivity contribution in [2.75, 3.05) is 11.5 Å². The monoisotopic (exact) mass is 366 g/mol. The second-order valence-corrected chi connectivity index (χ2v) is 12.3. The number of hydrogen-bond acceptors (Lipinski definition) is 4. The Balaban J connectivity index is 1.41. The lowest BCUT2D eigenvalue weighted by Crippen LogP contribution is -2.39. The van der Waals surface area contributed by atoms with Crippen molar-refractivity contribution in [2.45, 2.75) is 66.2 Å². The number of fused-ring (bicyclic) bond motifs is 4. The van der Waals surface area contributed by atoms with Crippen molar-refractivity contribution in [2.24, 2.45) is 33.5 Å². The number of hydrogen-bond donors (Lipinski definition) is 0. The molecule has 4 aliphatic rings. The van der Waals surface area contributed by atoms with E-state index in [2.05, 4.69) is 27.7 Å². The van der Waals surface area contributed by atoms with Crippen molar-refractivity contribution in [3.05, 3.63) is 0 Å². The zero-order chi connectivity index (χ0) is 17.4. The van der Waals surface area contributed by atoms with Crippen LogP contribution in [0.4, 0.5) is 0 Å². The summed E-state index contributed by atoms with van der Waals surface area (Å²) < 4.78 is 0. The van der Waals surface area contributed by atoms with Crippen molar-refractivity contribution in [3.63, 3.8) is 0 Å². The summed E-state index contributed by atoms with van der Waals surface area (Å²) in [4.78, 5) is 25.3. The fraction of sp³-hybridized carbons (Fsp3) is 0.900. The maximum absolute atomic E-state index is 12.6. The number of ketones is 2. The maximum atomic E-state index is 12.6. The number of carbonyl (C=O) groups excluding carboxylic acids is 2. The molecule has 0 radical (unpaired) electrons. The van der Waals surface area contributed by atoms with Crippen LogP contribution in [0.1, 0.15) is 66.2 Å². The Bertz CT molecular complexity index is 544. The highest BCUT2D eigenvalue weighted by Gasteiger charge is 2.65. The molecule has 0 aromatic heterocycles. The molecule has 4 saturated carbocycles. The first-order chi connectivity index (χ1) is 11.2. The summed E-state index contributed by atoms with van der Waals surface area (Å²) in [5, 5.41) is 0. The van der Waals surface area contributed by atoms with E-state index in [1.54, 1.807) is 0 Å². The molecule has 4 atom stereocenters. The van der Waals surface area contributed by atoms with Gasteiger partial charge < -0.3 is 0 Å². The topological polar surface area (TPSA) is 34.1 Å². The molecule has 24 heavy (non-hydrogen) atoms. The van der Waals surface area contributed by atoms with Gasteiger partial charge >= 0.3 is 0 Å². The van der Waals surface area contributed by atoms with E-state index >= 15 is 0 Å². The van der Waals surface area contributed by atoms with Gasteiger partial charge in [-0.25, -0.2) is 0 Å². The Morgan fingerprint density at radius 3 is 1.42 bits per heavy atom. The Morgan fingerprint density at radius 2 is 1.17 bits per heavy atom. The SMILES string of the molecule is CC1(C)[C@@H]2CCC1(CSSCC13CC[C@H](CC1=O)C3(C)C)C(=O)C2. The van der Waals surface area contributed by atoms with Gasteiger partial charge in [-0.1, -0.05) is 49.3 Å². The molecular formula is C20H30O2S2. The third kappa shape index (κ3) is 1.93. The summed E-state index contributed by atoms with van der Waals surface area (Å²) in [7, 11) is 3.74. The predicted molar refractivity (Wildman–Crippen MR) is 102 cm³/mol. The summed E-state index contributed by atoms with van der Waals surface area (Å²) in [6.07, 6.45) is 6.20. The standard InChI is InChI=1S/C20H30O2S2/c1-17(2)13-5-7-19(17,15(21)9-13)11-23-24-12-20-8-6-14(10-16(20)22)18(20,3)4/h13-14H,5-12H2,1-4H3/t13-,14-,19?,20?/m1/s1. The Kier molecular flexibility index (Phi) is 3.84. The van der Waals surface area contributed by atoms with Crippen LogP contribution < -0.4 is 0 Å². The molecule has 0 amide bonds. The molecule has 0 heterocycles. The predicted octanol–water partition coefficient (Wildman–Crippen LogP) is 5.16. The van der Waals surface area contributed by atoms with Crippen LogP contribution in [-0.4, -0.2) is 23.1 Å². The minimum Gasteiger partial charge on any atom is -0.299 e. The van der Waals surface area contributed by atoms with Crippen molar-refractivity contribution < 1.29 is 9.59 Å². The van der Waals surface area contributed by atoms with Crippen LogP contribution in [0.5, 0.6) is 0 Å². The van der Waals surface area contributed by atoms with Crippen LogP contribution in [0, 0.1) is 33.5 Å². The molecular weight excluding hydrogens is 336 g/mol. The molecule has 0 aliphatic heterocycles. The first-order valence-electron chi connectivity index (χ1n) is 9.48. The largest absolute Gasteiger partial charge is 0.299 e. The second-order valence-electron chi connectivity index (χ2n) is 9.86. The summed E-state index contributed by atoms with van der Waals surface area (Å²) in [5.74, 6) is 4.09. The molecule has 4 rings (SSSR count). The Hall–Kier alpha value is 0.0400.